The van der Waals surface area contributed by atoms with Gasteiger partial charge in [-0.05, 0) is 43.9 Å². The van der Waals surface area contributed by atoms with E-state index in [0.717, 1.165) is 48.8 Å². The largest absolute Gasteiger partial charge is 0.373 e. The molecule has 0 amide bonds. The Morgan fingerprint density at radius 2 is 2.08 bits per heavy atom. The van der Waals surface area contributed by atoms with Crippen LogP contribution in [0.1, 0.15) is 42.9 Å². The summed E-state index contributed by atoms with van der Waals surface area (Å²) in [7, 11) is 0. The number of nitriles is 1. The number of fused-ring (bicyclic) bond motifs is 1. The third-order valence-corrected chi connectivity index (χ3v) is 5.74. The molecule has 1 aromatic carbocycles. The Kier molecular flexibility index (Phi) is 5.09. The number of hydrogen-bond donors (Lipinski definition) is 0. The molecule has 0 radical (unpaired) electrons. The molecule has 1 saturated carbocycles. The second-order valence-corrected chi connectivity index (χ2v) is 7.25. The zero-order valence-electron chi connectivity index (χ0n) is 14.8. The summed E-state index contributed by atoms with van der Waals surface area (Å²) in [5.41, 5.74) is 2.61. The zero-order valence-corrected chi connectivity index (χ0v) is 14.8. The molecule has 4 rings (SSSR count). The Morgan fingerprint density at radius 3 is 2.85 bits per heavy atom. The van der Waals surface area contributed by atoms with E-state index < -0.39 is 6.67 Å². The molecule has 0 spiro atoms. The summed E-state index contributed by atoms with van der Waals surface area (Å²) in [6.07, 6.45) is 5.66. The summed E-state index contributed by atoms with van der Waals surface area (Å²) in [5.74, 6) is 0.392. The molecule has 6 heteroatoms. The summed E-state index contributed by atoms with van der Waals surface area (Å²) < 4.78 is 18.4. The normalized spacial score (nSPS) is 27.3. The standard InChI is InChI=1S/C20H23FN4O/c21-10-17-12-25(7-8-26-17)16-4-2-15(3-5-16)20-18-9-14(11-22)1-6-19(18)23-13-24-20/h1,6,9,13,15-17H,2-5,7-8,10,12H2. The highest BCUT2D eigenvalue weighted by Crippen LogP contribution is 2.37. The van der Waals surface area contributed by atoms with E-state index in [1.807, 2.05) is 12.1 Å². The summed E-state index contributed by atoms with van der Waals surface area (Å²) >= 11 is 0. The highest BCUT2D eigenvalue weighted by Gasteiger charge is 2.31. The molecule has 26 heavy (non-hydrogen) atoms. The fourth-order valence-electron chi connectivity index (χ4n) is 4.35. The average molecular weight is 354 g/mol. The lowest BCUT2D eigenvalue weighted by Crippen LogP contribution is -2.49. The molecule has 1 unspecified atom stereocenters. The maximum absolute atomic E-state index is 12.9. The molecule has 0 bridgehead atoms. The van der Waals surface area contributed by atoms with Crippen LogP contribution >= 0.6 is 0 Å². The third kappa shape index (κ3) is 3.42. The maximum Gasteiger partial charge on any atom is 0.117 e. The fourth-order valence-corrected chi connectivity index (χ4v) is 4.35. The van der Waals surface area contributed by atoms with Gasteiger partial charge in [0.25, 0.3) is 0 Å². The summed E-state index contributed by atoms with van der Waals surface area (Å²) in [6.45, 7) is 1.82. The molecule has 2 aliphatic rings. The number of benzene rings is 1. The highest BCUT2D eigenvalue weighted by atomic mass is 19.1. The van der Waals surface area contributed by atoms with Crippen LogP contribution in [-0.4, -0.2) is 53.4 Å². The van der Waals surface area contributed by atoms with Crippen LogP contribution in [0.25, 0.3) is 10.9 Å². The van der Waals surface area contributed by atoms with Crippen LogP contribution < -0.4 is 0 Å². The first-order chi connectivity index (χ1) is 12.8. The Balaban J connectivity index is 1.48. The van der Waals surface area contributed by atoms with E-state index in [-0.39, 0.29) is 6.10 Å². The van der Waals surface area contributed by atoms with Gasteiger partial charge in [-0.2, -0.15) is 5.26 Å². The fraction of sp³-hybridized carbons (Fsp3) is 0.550. The topological polar surface area (TPSA) is 62.0 Å². The van der Waals surface area contributed by atoms with Crippen molar-refractivity contribution in [3.63, 3.8) is 0 Å². The molecular weight excluding hydrogens is 331 g/mol. The van der Waals surface area contributed by atoms with Gasteiger partial charge >= 0.3 is 0 Å². The van der Waals surface area contributed by atoms with Gasteiger partial charge in [0.2, 0.25) is 0 Å². The molecule has 1 aromatic heterocycles. The predicted octanol–water partition coefficient (Wildman–Crippen LogP) is 3.20. The van der Waals surface area contributed by atoms with Crippen molar-refractivity contribution in [2.24, 2.45) is 0 Å². The Bertz CT molecular complexity index is 813. The molecule has 1 aliphatic carbocycles. The second-order valence-electron chi connectivity index (χ2n) is 7.25. The van der Waals surface area contributed by atoms with Crippen LogP contribution in [0.3, 0.4) is 0 Å². The van der Waals surface area contributed by atoms with Gasteiger partial charge in [-0.3, -0.25) is 4.90 Å². The number of rotatable bonds is 3. The second kappa shape index (κ2) is 7.65. The van der Waals surface area contributed by atoms with Gasteiger partial charge < -0.3 is 4.74 Å². The van der Waals surface area contributed by atoms with Crippen LogP contribution in [0.15, 0.2) is 24.5 Å². The Hall–Kier alpha value is -2.10. The van der Waals surface area contributed by atoms with Gasteiger partial charge in [-0.15, -0.1) is 0 Å². The quantitative estimate of drug-likeness (QED) is 0.847. The lowest BCUT2D eigenvalue weighted by molar-refractivity contribution is -0.0572. The number of ether oxygens (including phenoxy) is 1. The summed E-state index contributed by atoms with van der Waals surface area (Å²) in [5, 5.41) is 10.2. The van der Waals surface area contributed by atoms with E-state index in [4.69, 9.17) is 4.74 Å². The zero-order chi connectivity index (χ0) is 17.9. The first-order valence-electron chi connectivity index (χ1n) is 9.35. The SMILES string of the molecule is N#Cc1ccc2ncnc(C3CCC(N4CCOC(CF)C4)CC3)c2c1. The lowest BCUT2D eigenvalue weighted by atomic mass is 9.82. The Morgan fingerprint density at radius 1 is 1.23 bits per heavy atom. The number of hydrogen-bond acceptors (Lipinski definition) is 5. The van der Waals surface area contributed by atoms with Crippen molar-refractivity contribution in [1.82, 2.24) is 14.9 Å². The molecule has 2 fully saturated rings. The van der Waals surface area contributed by atoms with Crippen molar-refractivity contribution in [1.29, 1.82) is 5.26 Å². The van der Waals surface area contributed by atoms with E-state index in [1.54, 1.807) is 12.4 Å². The highest BCUT2D eigenvalue weighted by molar-refractivity contribution is 5.82. The van der Waals surface area contributed by atoms with E-state index in [0.29, 0.717) is 30.7 Å². The maximum atomic E-state index is 12.9. The van der Waals surface area contributed by atoms with Crippen molar-refractivity contribution in [3.05, 3.63) is 35.8 Å². The number of alkyl halides is 1. The number of halogens is 1. The van der Waals surface area contributed by atoms with Crippen molar-refractivity contribution in [2.75, 3.05) is 26.4 Å². The van der Waals surface area contributed by atoms with Gasteiger partial charge in [0.15, 0.2) is 0 Å². The molecular formula is C20H23FN4O. The van der Waals surface area contributed by atoms with E-state index in [1.165, 1.54) is 0 Å². The number of aromatic nitrogens is 2. The smallest absolute Gasteiger partial charge is 0.117 e. The third-order valence-electron chi connectivity index (χ3n) is 5.74. The van der Waals surface area contributed by atoms with Crippen LogP contribution in [0.4, 0.5) is 4.39 Å². The van der Waals surface area contributed by atoms with Crippen LogP contribution in [-0.2, 0) is 4.74 Å². The minimum absolute atomic E-state index is 0.267. The lowest BCUT2D eigenvalue weighted by Gasteiger charge is -2.40. The minimum Gasteiger partial charge on any atom is -0.373 e. The van der Waals surface area contributed by atoms with Crippen LogP contribution in [0.2, 0.25) is 0 Å². The first-order valence-corrected chi connectivity index (χ1v) is 9.35. The molecule has 136 valence electrons. The monoisotopic (exact) mass is 354 g/mol. The number of nitrogens with zero attached hydrogens (tertiary/aromatic N) is 4. The van der Waals surface area contributed by atoms with Crippen molar-refractivity contribution >= 4 is 10.9 Å². The summed E-state index contributed by atoms with van der Waals surface area (Å²) in [4.78, 5) is 11.3. The molecule has 1 saturated heterocycles. The average Bonchev–Trinajstić information content (AvgIpc) is 2.73. The molecule has 0 N–H and O–H groups in total. The molecule has 5 nitrogen and oxygen atoms in total. The van der Waals surface area contributed by atoms with Crippen molar-refractivity contribution in [3.8, 4) is 6.07 Å². The van der Waals surface area contributed by atoms with Gasteiger partial charge in [0.1, 0.15) is 13.0 Å². The van der Waals surface area contributed by atoms with Gasteiger partial charge in [-0.1, -0.05) is 0 Å². The van der Waals surface area contributed by atoms with Gasteiger partial charge in [-0.25, -0.2) is 14.4 Å². The summed E-state index contributed by atoms with van der Waals surface area (Å²) in [6, 6.07) is 8.32. The molecule has 1 aliphatic heterocycles. The molecule has 2 heterocycles. The molecule has 1 atom stereocenters. The van der Waals surface area contributed by atoms with Crippen molar-refractivity contribution in [2.45, 2.75) is 43.7 Å². The molecule has 2 aromatic rings. The minimum atomic E-state index is -0.403. The first kappa shape index (κ1) is 17.3. The number of morpholine rings is 1. The van der Waals surface area contributed by atoms with E-state index in [9.17, 15) is 9.65 Å². The van der Waals surface area contributed by atoms with E-state index >= 15 is 0 Å². The Labute approximate surface area is 152 Å². The predicted molar refractivity (Wildman–Crippen MR) is 96.5 cm³/mol. The van der Waals surface area contributed by atoms with E-state index in [2.05, 4.69) is 20.9 Å². The van der Waals surface area contributed by atoms with Crippen LogP contribution in [0.5, 0.6) is 0 Å². The van der Waals surface area contributed by atoms with Gasteiger partial charge in [0.05, 0.1) is 35.6 Å². The van der Waals surface area contributed by atoms with Gasteiger partial charge in [0, 0.05) is 30.4 Å². The van der Waals surface area contributed by atoms with Crippen molar-refractivity contribution < 1.29 is 9.13 Å². The van der Waals surface area contributed by atoms with Crippen LogP contribution in [0, 0.1) is 11.3 Å².